The molecule has 0 aromatic heterocycles. The molecule has 2 aromatic rings. The molecule has 1 aliphatic carbocycles. The molecule has 2 fully saturated rings. The minimum absolute atomic E-state index is 0.0209. The van der Waals surface area contributed by atoms with Gasteiger partial charge in [-0.1, -0.05) is 18.2 Å². The molecule has 6 heteroatoms. The third-order valence-electron chi connectivity index (χ3n) is 6.11. The maximum absolute atomic E-state index is 12.6. The molecule has 1 saturated carbocycles. The number of hydrogen-bond acceptors (Lipinski definition) is 5. The van der Waals surface area contributed by atoms with Crippen LogP contribution in [0.5, 0.6) is 0 Å². The van der Waals surface area contributed by atoms with Crippen LogP contribution in [0.2, 0.25) is 0 Å². The highest BCUT2D eigenvalue weighted by Gasteiger charge is 2.26. The van der Waals surface area contributed by atoms with Crippen molar-refractivity contribution in [3.63, 3.8) is 0 Å². The van der Waals surface area contributed by atoms with Gasteiger partial charge < -0.3 is 15.5 Å². The third-order valence-corrected chi connectivity index (χ3v) is 6.11. The Kier molecular flexibility index (Phi) is 6.56. The zero-order valence-corrected chi connectivity index (χ0v) is 18.4. The maximum atomic E-state index is 12.6. The molecule has 2 N–H and O–H groups in total. The number of anilines is 3. The number of ketones is 1. The molecule has 0 bridgehead atoms. The van der Waals surface area contributed by atoms with Gasteiger partial charge in [0.2, 0.25) is 5.91 Å². The fourth-order valence-corrected chi connectivity index (χ4v) is 4.03. The zero-order valence-electron chi connectivity index (χ0n) is 18.4. The lowest BCUT2D eigenvalue weighted by molar-refractivity contribution is -0.116. The van der Waals surface area contributed by atoms with Gasteiger partial charge in [-0.05, 0) is 62.9 Å². The smallest absolute Gasteiger partial charge is 0.246 e. The van der Waals surface area contributed by atoms with Gasteiger partial charge in [0.05, 0.1) is 0 Å². The second kappa shape index (κ2) is 9.52. The number of benzene rings is 2. The van der Waals surface area contributed by atoms with Crippen LogP contribution in [0.25, 0.3) is 0 Å². The van der Waals surface area contributed by atoms with E-state index >= 15 is 0 Å². The van der Waals surface area contributed by atoms with E-state index in [4.69, 9.17) is 0 Å². The summed E-state index contributed by atoms with van der Waals surface area (Å²) < 4.78 is 0. The number of piperazine rings is 1. The first-order chi connectivity index (χ1) is 15.0. The molecule has 1 unspecified atom stereocenters. The van der Waals surface area contributed by atoms with E-state index in [2.05, 4.69) is 32.6 Å². The molecule has 1 atom stereocenters. The second-order valence-corrected chi connectivity index (χ2v) is 8.77. The van der Waals surface area contributed by atoms with Crippen molar-refractivity contribution in [3.8, 4) is 0 Å². The summed E-state index contributed by atoms with van der Waals surface area (Å²) in [6.45, 7) is 8.94. The predicted octanol–water partition coefficient (Wildman–Crippen LogP) is 3.86. The van der Waals surface area contributed by atoms with Crippen LogP contribution < -0.4 is 15.5 Å². The molecule has 1 heterocycles. The van der Waals surface area contributed by atoms with Crippen LogP contribution in [0.3, 0.4) is 0 Å². The fourth-order valence-electron chi connectivity index (χ4n) is 4.03. The average molecular weight is 421 g/mol. The number of rotatable bonds is 8. The summed E-state index contributed by atoms with van der Waals surface area (Å²) in [5, 5.41) is 6.20. The van der Waals surface area contributed by atoms with Crippen LogP contribution in [-0.2, 0) is 4.79 Å². The Morgan fingerprint density at radius 3 is 2.42 bits per heavy atom. The van der Waals surface area contributed by atoms with E-state index in [-0.39, 0.29) is 11.7 Å². The van der Waals surface area contributed by atoms with E-state index in [1.807, 2.05) is 19.1 Å². The summed E-state index contributed by atoms with van der Waals surface area (Å²) in [5.74, 6) is 0.781. The van der Waals surface area contributed by atoms with Gasteiger partial charge in [-0.25, -0.2) is 0 Å². The van der Waals surface area contributed by atoms with Crippen molar-refractivity contribution in [1.29, 1.82) is 0 Å². The summed E-state index contributed by atoms with van der Waals surface area (Å²) in [7, 11) is 0. The number of carbonyl (C=O) groups is 2. The fraction of sp³-hybridized carbons (Fsp3) is 0.440. The Labute approximate surface area is 184 Å². The van der Waals surface area contributed by atoms with E-state index < -0.39 is 6.04 Å². The highest BCUT2D eigenvalue weighted by atomic mass is 16.2. The van der Waals surface area contributed by atoms with Crippen molar-refractivity contribution < 1.29 is 9.59 Å². The van der Waals surface area contributed by atoms with Gasteiger partial charge in [0.25, 0.3) is 0 Å². The molecular weight excluding hydrogens is 388 g/mol. The normalized spacial score (nSPS) is 17.8. The highest BCUT2D eigenvalue weighted by Crippen LogP contribution is 2.30. The van der Waals surface area contributed by atoms with E-state index in [0.29, 0.717) is 11.3 Å². The first-order valence-corrected chi connectivity index (χ1v) is 11.2. The summed E-state index contributed by atoms with van der Waals surface area (Å²) in [4.78, 5) is 29.2. The second-order valence-electron chi connectivity index (χ2n) is 8.77. The maximum Gasteiger partial charge on any atom is 0.246 e. The largest absolute Gasteiger partial charge is 0.374 e. The van der Waals surface area contributed by atoms with E-state index in [0.717, 1.165) is 37.8 Å². The highest BCUT2D eigenvalue weighted by molar-refractivity contribution is 5.99. The van der Waals surface area contributed by atoms with Gasteiger partial charge in [-0.3, -0.25) is 14.5 Å². The van der Waals surface area contributed by atoms with Crippen LogP contribution in [0, 0.1) is 5.92 Å². The summed E-state index contributed by atoms with van der Waals surface area (Å²) >= 11 is 0. The van der Waals surface area contributed by atoms with Gasteiger partial charge in [-0.15, -0.1) is 0 Å². The van der Waals surface area contributed by atoms with E-state index in [1.54, 1.807) is 24.3 Å². The lowest BCUT2D eigenvalue weighted by Gasteiger charge is -2.36. The molecule has 4 rings (SSSR count). The first kappa shape index (κ1) is 21.4. The Balaban J connectivity index is 1.32. The molecule has 1 saturated heterocycles. The van der Waals surface area contributed by atoms with Crippen molar-refractivity contribution in [2.24, 2.45) is 5.92 Å². The van der Waals surface area contributed by atoms with Gasteiger partial charge >= 0.3 is 0 Å². The third kappa shape index (κ3) is 5.85. The van der Waals surface area contributed by atoms with Gasteiger partial charge in [0.15, 0.2) is 5.78 Å². The molecule has 164 valence electrons. The van der Waals surface area contributed by atoms with Crippen molar-refractivity contribution in [3.05, 3.63) is 54.1 Å². The quantitative estimate of drug-likeness (QED) is 0.635. The van der Waals surface area contributed by atoms with Crippen molar-refractivity contribution in [2.45, 2.75) is 32.7 Å². The molecule has 1 aliphatic heterocycles. The Morgan fingerprint density at radius 2 is 1.71 bits per heavy atom. The molecule has 0 spiro atoms. The number of amides is 1. The number of hydrogen-bond donors (Lipinski definition) is 2. The molecule has 2 aliphatic rings. The Hall–Kier alpha value is -2.86. The lowest BCUT2D eigenvalue weighted by atomic mass is 10.1. The standard InChI is InChI=1S/C25H32N4O2/c1-18(25(31)27-22-6-3-5-21(15-22)19(2)30)26-23-7-4-8-24(16-23)29-13-11-28(12-14-29)17-20-9-10-20/h3-8,15-16,18,20,26H,9-14,17H2,1-2H3,(H,27,31). The summed E-state index contributed by atoms with van der Waals surface area (Å²) in [6.07, 6.45) is 2.81. The molecule has 2 aromatic carbocycles. The van der Waals surface area contributed by atoms with Gasteiger partial charge in [0.1, 0.15) is 6.04 Å². The molecule has 6 nitrogen and oxygen atoms in total. The lowest BCUT2D eigenvalue weighted by Crippen LogP contribution is -2.47. The zero-order chi connectivity index (χ0) is 21.8. The molecular formula is C25H32N4O2. The van der Waals surface area contributed by atoms with Crippen molar-refractivity contribution in [2.75, 3.05) is 48.3 Å². The Bertz CT molecular complexity index is 933. The topological polar surface area (TPSA) is 64.7 Å². The van der Waals surface area contributed by atoms with Crippen LogP contribution in [0.4, 0.5) is 17.1 Å². The predicted molar refractivity (Wildman–Crippen MR) is 126 cm³/mol. The summed E-state index contributed by atoms with van der Waals surface area (Å²) in [6, 6.07) is 14.9. The van der Waals surface area contributed by atoms with Crippen LogP contribution in [0.1, 0.15) is 37.0 Å². The van der Waals surface area contributed by atoms with Crippen LogP contribution >= 0.6 is 0 Å². The number of carbonyl (C=O) groups excluding carboxylic acids is 2. The molecule has 31 heavy (non-hydrogen) atoms. The van der Waals surface area contributed by atoms with Crippen molar-refractivity contribution in [1.82, 2.24) is 4.90 Å². The number of Topliss-reactive ketones (excluding diaryl/α,β-unsaturated/α-hetero) is 1. The SMILES string of the molecule is CC(=O)c1cccc(NC(=O)C(C)Nc2cccc(N3CCN(CC4CC4)CC3)c2)c1. The Morgan fingerprint density at radius 1 is 1.00 bits per heavy atom. The van der Waals surface area contributed by atoms with Crippen molar-refractivity contribution >= 4 is 28.8 Å². The van der Waals surface area contributed by atoms with Crippen LogP contribution in [-0.4, -0.2) is 55.4 Å². The number of nitrogens with zero attached hydrogens (tertiary/aromatic N) is 2. The first-order valence-electron chi connectivity index (χ1n) is 11.2. The van der Waals surface area contributed by atoms with E-state index in [1.165, 1.54) is 32.0 Å². The number of nitrogens with one attached hydrogen (secondary N) is 2. The van der Waals surface area contributed by atoms with Crippen LogP contribution in [0.15, 0.2) is 48.5 Å². The van der Waals surface area contributed by atoms with E-state index in [9.17, 15) is 9.59 Å². The van der Waals surface area contributed by atoms with Gasteiger partial charge in [0, 0.05) is 55.3 Å². The minimum Gasteiger partial charge on any atom is -0.374 e. The molecule has 1 amide bonds. The molecule has 0 radical (unpaired) electrons. The van der Waals surface area contributed by atoms with Gasteiger partial charge in [-0.2, -0.15) is 0 Å². The average Bonchev–Trinajstić information content (AvgIpc) is 3.58. The summed E-state index contributed by atoms with van der Waals surface area (Å²) in [5.41, 5.74) is 3.34. The minimum atomic E-state index is -0.411. The monoisotopic (exact) mass is 420 g/mol.